The zero-order valence-corrected chi connectivity index (χ0v) is 11.8. The van der Waals surface area contributed by atoms with Crippen LogP contribution in [0.5, 0.6) is 0 Å². The van der Waals surface area contributed by atoms with Gasteiger partial charge in [-0.15, -0.1) is 0 Å². The van der Waals surface area contributed by atoms with E-state index in [2.05, 4.69) is 5.32 Å². The van der Waals surface area contributed by atoms with Gasteiger partial charge in [0.2, 0.25) is 5.91 Å². The summed E-state index contributed by atoms with van der Waals surface area (Å²) in [5, 5.41) is 2.70. The van der Waals surface area contributed by atoms with Crippen molar-refractivity contribution in [3.63, 3.8) is 0 Å². The third-order valence-corrected chi connectivity index (χ3v) is 3.13. The summed E-state index contributed by atoms with van der Waals surface area (Å²) in [7, 11) is 0. The van der Waals surface area contributed by atoms with Crippen molar-refractivity contribution in [2.45, 2.75) is 6.92 Å². The molecule has 3 N–H and O–H groups in total. The second kappa shape index (κ2) is 6.74. The summed E-state index contributed by atoms with van der Waals surface area (Å²) in [5.41, 5.74) is 7.29. The topological polar surface area (TPSA) is 58.4 Å². The van der Waals surface area contributed by atoms with Crippen molar-refractivity contribution in [1.29, 1.82) is 0 Å². The highest BCUT2D eigenvalue weighted by molar-refractivity contribution is 5.96. The van der Waals surface area contributed by atoms with E-state index in [0.29, 0.717) is 12.2 Å². The van der Waals surface area contributed by atoms with Crippen molar-refractivity contribution >= 4 is 23.0 Å². The summed E-state index contributed by atoms with van der Waals surface area (Å²) in [6, 6.07) is 13.6. The van der Waals surface area contributed by atoms with Crippen molar-refractivity contribution < 1.29 is 9.18 Å². The first-order chi connectivity index (χ1) is 10.1. The Balaban J connectivity index is 2.03. The molecule has 0 aliphatic heterocycles. The fourth-order valence-corrected chi connectivity index (χ4v) is 2.03. The molecule has 2 rings (SSSR count). The predicted octanol–water partition coefficient (Wildman–Crippen LogP) is 2.87. The van der Waals surface area contributed by atoms with Gasteiger partial charge in [0, 0.05) is 12.2 Å². The maximum atomic E-state index is 13.0. The van der Waals surface area contributed by atoms with Gasteiger partial charge >= 0.3 is 0 Å². The highest BCUT2D eigenvalue weighted by atomic mass is 19.1. The summed E-state index contributed by atoms with van der Waals surface area (Å²) in [6.07, 6.45) is 0. The highest BCUT2D eigenvalue weighted by Crippen LogP contribution is 2.19. The number of hydrogen-bond donors (Lipinski definition) is 2. The number of carbonyl (C=O) groups is 1. The van der Waals surface area contributed by atoms with E-state index in [4.69, 9.17) is 5.73 Å². The number of anilines is 3. The van der Waals surface area contributed by atoms with Crippen LogP contribution in [0.15, 0.2) is 48.5 Å². The second-order valence-corrected chi connectivity index (χ2v) is 4.63. The molecule has 0 saturated heterocycles. The monoisotopic (exact) mass is 287 g/mol. The first kappa shape index (κ1) is 14.8. The van der Waals surface area contributed by atoms with E-state index in [0.717, 1.165) is 5.69 Å². The summed E-state index contributed by atoms with van der Waals surface area (Å²) >= 11 is 0. The predicted molar refractivity (Wildman–Crippen MR) is 83.8 cm³/mol. The summed E-state index contributed by atoms with van der Waals surface area (Å²) in [5.74, 6) is -0.621. The minimum atomic E-state index is -0.426. The maximum Gasteiger partial charge on any atom is 0.243 e. The molecule has 0 aliphatic carbocycles. The van der Waals surface area contributed by atoms with Crippen LogP contribution in [0.4, 0.5) is 21.5 Å². The Bertz CT molecular complexity index is 616. The van der Waals surface area contributed by atoms with E-state index >= 15 is 0 Å². The molecular weight excluding hydrogens is 269 g/mol. The van der Waals surface area contributed by atoms with Crippen LogP contribution in [-0.4, -0.2) is 19.0 Å². The third-order valence-electron chi connectivity index (χ3n) is 3.13. The molecular formula is C16H18FN3O. The molecule has 0 unspecified atom stereocenters. The molecule has 0 heterocycles. The van der Waals surface area contributed by atoms with Crippen LogP contribution < -0.4 is 16.0 Å². The molecule has 0 atom stereocenters. The third kappa shape index (κ3) is 3.95. The zero-order chi connectivity index (χ0) is 15.2. The SMILES string of the molecule is CCN(CC(=O)Nc1ccc(F)cc1N)c1ccccc1. The number of carbonyl (C=O) groups excluding carboxylic acids is 1. The first-order valence-electron chi connectivity index (χ1n) is 6.75. The molecule has 0 fully saturated rings. The van der Waals surface area contributed by atoms with Gasteiger partial charge < -0.3 is 16.0 Å². The van der Waals surface area contributed by atoms with Gasteiger partial charge in [-0.25, -0.2) is 4.39 Å². The Morgan fingerprint density at radius 1 is 1.24 bits per heavy atom. The number of para-hydroxylation sites is 1. The number of halogens is 1. The maximum absolute atomic E-state index is 13.0. The standard InChI is InChI=1S/C16H18FN3O/c1-2-20(13-6-4-3-5-7-13)11-16(21)19-15-9-8-12(17)10-14(15)18/h3-10H,2,11,18H2,1H3,(H,19,21). The average molecular weight is 287 g/mol. The fraction of sp³-hybridized carbons (Fsp3) is 0.188. The van der Waals surface area contributed by atoms with E-state index in [1.807, 2.05) is 42.2 Å². The summed E-state index contributed by atoms with van der Waals surface area (Å²) < 4.78 is 13.0. The molecule has 0 spiro atoms. The average Bonchev–Trinajstić information content (AvgIpc) is 2.48. The number of nitrogens with zero attached hydrogens (tertiary/aromatic N) is 1. The van der Waals surface area contributed by atoms with E-state index in [-0.39, 0.29) is 18.1 Å². The molecule has 1 amide bonds. The smallest absolute Gasteiger partial charge is 0.243 e. The van der Waals surface area contributed by atoms with Crippen LogP contribution >= 0.6 is 0 Å². The summed E-state index contributed by atoms with van der Waals surface area (Å²) in [4.78, 5) is 14.0. The van der Waals surface area contributed by atoms with Crippen LogP contribution in [0.1, 0.15) is 6.92 Å². The number of amides is 1. The number of likely N-dealkylation sites (N-methyl/N-ethyl adjacent to an activating group) is 1. The van der Waals surface area contributed by atoms with Crippen LogP contribution in [0.2, 0.25) is 0 Å². The summed E-state index contributed by atoms with van der Waals surface area (Å²) in [6.45, 7) is 2.89. The van der Waals surface area contributed by atoms with Crippen LogP contribution in [0, 0.1) is 5.82 Å². The minimum absolute atomic E-state index is 0.195. The van der Waals surface area contributed by atoms with E-state index in [9.17, 15) is 9.18 Å². The second-order valence-electron chi connectivity index (χ2n) is 4.63. The Morgan fingerprint density at radius 2 is 1.95 bits per heavy atom. The lowest BCUT2D eigenvalue weighted by Crippen LogP contribution is -2.33. The Hall–Kier alpha value is -2.56. The van der Waals surface area contributed by atoms with Gasteiger partial charge in [0.05, 0.1) is 17.9 Å². The normalized spacial score (nSPS) is 10.2. The number of nitrogens with one attached hydrogen (secondary N) is 1. The largest absolute Gasteiger partial charge is 0.397 e. The lowest BCUT2D eigenvalue weighted by Gasteiger charge is -2.22. The number of rotatable bonds is 5. The number of nitrogens with two attached hydrogens (primary N) is 1. The molecule has 21 heavy (non-hydrogen) atoms. The first-order valence-corrected chi connectivity index (χ1v) is 6.75. The van der Waals surface area contributed by atoms with Gasteiger partial charge in [0.15, 0.2) is 0 Å². The molecule has 0 aromatic heterocycles. The van der Waals surface area contributed by atoms with E-state index < -0.39 is 5.82 Å². The van der Waals surface area contributed by atoms with Crippen molar-refractivity contribution in [3.8, 4) is 0 Å². The van der Waals surface area contributed by atoms with Gasteiger partial charge in [0.25, 0.3) is 0 Å². The zero-order valence-electron chi connectivity index (χ0n) is 11.8. The van der Waals surface area contributed by atoms with Crippen LogP contribution in [-0.2, 0) is 4.79 Å². The highest BCUT2D eigenvalue weighted by Gasteiger charge is 2.11. The molecule has 2 aromatic rings. The number of nitrogen functional groups attached to an aromatic ring is 1. The van der Waals surface area contributed by atoms with E-state index in [1.54, 1.807) is 0 Å². The molecule has 0 radical (unpaired) electrons. The number of benzene rings is 2. The Labute approximate surface area is 123 Å². The fourth-order valence-electron chi connectivity index (χ4n) is 2.03. The van der Waals surface area contributed by atoms with Gasteiger partial charge in [-0.05, 0) is 37.3 Å². The van der Waals surface area contributed by atoms with Crippen molar-refractivity contribution in [1.82, 2.24) is 0 Å². The van der Waals surface area contributed by atoms with Gasteiger partial charge in [-0.2, -0.15) is 0 Å². The Kier molecular flexibility index (Phi) is 4.77. The van der Waals surface area contributed by atoms with Gasteiger partial charge in [-0.1, -0.05) is 18.2 Å². The van der Waals surface area contributed by atoms with Crippen LogP contribution in [0.3, 0.4) is 0 Å². The molecule has 2 aromatic carbocycles. The number of hydrogen-bond acceptors (Lipinski definition) is 3. The molecule has 0 bridgehead atoms. The molecule has 110 valence electrons. The lowest BCUT2D eigenvalue weighted by molar-refractivity contribution is -0.115. The minimum Gasteiger partial charge on any atom is -0.397 e. The molecule has 0 aliphatic rings. The van der Waals surface area contributed by atoms with Crippen molar-refractivity contribution in [2.24, 2.45) is 0 Å². The molecule has 5 heteroatoms. The van der Waals surface area contributed by atoms with E-state index in [1.165, 1.54) is 18.2 Å². The Morgan fingerprint density at radius 3 is 2.57 bits per heavy atom. The van der Waals surface area contributed by atoms with Crippen molar-refractivity contribution in [2.75, 3.05) is 29.0 Å². The van der Waals surface area contributed by atoms with Crippen molar-refractivity contribution in [3.05, 3.63) is 54.3 Å². The lowest BCUT2D eigenvalue weighted by atomic mass is 10.2. The molecule has 0 saturated carbocycles. The van der Waals surface area contributed by atoms with Crippen LogP contribution in [0.25, 0.3) is 0 Å². The molecule has 4 nitrogen and oxygen atoms in total. The quantitative estimate of drug-likeness (QED) is 0.831. The van der Waals surface area contributed by atoms with Gasteiger partial charge in [0.1, 0.15) is 5.82 Å². The van der Waals surface area contributed by atoms with Gasteiger partial charge in [-0.3, -0.25) is 4.79 Å².